The van der Waals surface area contributed by atoms with Crippen molar-refractivity contribution in [1.82, 2.24) is 10.0 Å². The molecule has 3 rings (SSSR count). The summed E-state index contributed by atoms with van der Waals surface area (Å²) in [6.07, 6.45) is 2.18. The van der Waals surface area contributed by atoms with Gasteiger partial charge in [0.25, 0.3) is 5.91 Å². The second kappa shape index (κ2) is 9.53. The first-order chi connectivity index (χ1) is 14.4. The Labute approximate surface area is 179 Å². The van der Waals surface area contributed by atoms with Crippen LogP contribution in [0, 0.1) is 11.3 Å². The van der Waals surface area contributed by atoms with Gasteiger partial charge < -0.3 is 24.3 Å². The number of aliphatic imine (C=N–C) groups is 1. The second-order valence-electron chi connectivity index (χ2n) is 7.01. The highest BCUT2D eigenvalue weighted by Crippen LogP contribution is 2.35. The molecule has 0 saturated heterocycles. The number of hydrogen-bond donors (Lipinski definition) is 4. The number of fused-ring (bicyclic) bond motifs is 1. The van der Waals surface area contributed by atoms with Gasteiger partial charge in [0.05, 0.1) is 24.0 Å². The summed E-state index contributed by atoms with van der Waals surface area (Å²) in [5.74, 6) is 0.369. The highest BCUT2D eigenvalue weighted by molar-refractivity contribution is 7.98. The van der Waals surface area contributed by atoms with Crippen molar-refractivity contribution in [2.24, 2.45) is 10.9 Å². The van der Waals surface area contributed by atoms with E-state index >= 15 is 0 Å². The molecule has 9 heteroatoms. The lowest BCUT2D eigenvalue weighted by molar-refractivity contribution is -0.117. The van der Waals surface area contributed by atoms with Crippen LogP contribution in [-0.2, 0) is 4.79 Å². The Kier molecular flexibility index (Phi) is 6.83. The molecule has 158 valence electrons. The van der Waals surface area contributed by atoms with E-state index in [1.807, 2.05) is 6.07 Å². The molecule has 4 N–H and O–H groups in total. The fourth-order valence-electron chi connectivity index (χ4n) is 2.70. The number of allylic oxidation sites excluding steroid dienone is 1. The summed E-state index contributed by atoms with van der Waals surface area (Å²) in [7, 11) is 1.58. The predicted octanol–water partition coefficient (Wildman–Crippen LogP) is 3.97. The van der Waals surface area contributed by atoms with E-state index in [9.17, 15) is 9.90 Å². The van der Waals surface area contributed by atoms with Crippen LogP contribution < -0.4 is 14.8 Å². The minimum absolute atomic E-state index is 0.117. The van der Waals surface area contributed by atoms with E-state index in [2.05, 4.69) is 28.9 Å². The molecule has 0 unspecified atom stereocenters. The number of carbonyl (C=O) groups is 1. The highest BCUT2D eigenvalue weighted by atomic mass is 32.2. The van der Waals surface area contributed by atoms with Crippen molar-refractivity contribution in [1.29, 1.82) is 5.41 Å². The number of amides is 1. The van der Waals surface area contributed by atoms with Gasteiger partial charge in [-0.1, -0.05) is 13.8 Å². The molecule has 1 aromatic carbocycles. The molecule has 0 bridgehead atoms. The van der Waals surface area contributed by atoms with Gasteiger partial charge in [0, 0.05) is 6.54 Å². The quantitative estimate of drug-likeness (QED) is 0.219. The van der Waals surface area contributed by atoms with Gasteiger partial charge in [0.15, 0.2) is 17.4 Å². The predicted molar refractivity (Wildman–Crippen MR) is 117 cm³/mol. The van der Waals surface area contributed by atoms with Crippen molar-refractivity contribution in [3.05, 3.63) is 53.7 Å². The van der Waals surface area contributed by atoms with E-state index < -0.39 is 11.7 Å². The lowest BCUT2D eigenvalue weighted by Gasteiger charge is -2.20. The van der Waals surface area contributed by atoms with Crippen molar-refractivity contribution in [3.8, 4) is 5.75 Å². The van der Waals surface area contributed by atoms with Crippen LogP contribution in [0.5, 0.6) is 5.75 Å². The first-order valence-electron chi connectivity index (χ1n) is 9.45. The molecule has 0 fully saturated rings. The van der Waals surface area contributed by atoms with Crippen LogP contribution in [0.3, 0.4) is 0 Å². The number of nitrogens with zero attached hydrogens (tertiary/aromatic N) is 1. The maximum atomic E-state index is 12.9. The number of rotatable bonds is 8. The van der Waals surface area contributed by atoms with Crippen LogP contribution in [0.2, 0.25) is 0 Å². The monoisotopic (exact) mass is 428 g/mol. The molecular formula is C21H24N4O4S. The van der Waals surface area contributed by atoms with Crippen molar-refractivity contribution in [3.63, 3.8) is 0 Å². The molecular weight excluding hydrogens is 404 g/mol. The summed E-state index contributed by atoms with van der Waals surface area (Å²) < 4.78 is 13.4. The minimum atomic E-state index is -0.520. The van der Waals surface area contributed by atoms with Crippen LogP contribution in [0.4, 0.5) is 5.69 Å². The normalized spacial score (nSPS) is 13.7. The Morgan fingerprint density at radius 1 is 1.40 bits per heavy atom. The van der Waals surface area contributed by atoms with Crippen LogP contribution in [0.1, 0.15) is 26.0 Å². The SMILES string of the molecule is COc1ccc2c(c1)SNC(/C(C(=O)NCCC(C)C)=C(\O)C(=N)c1ccco1)=N2. The smallest absolute Gasteiger partial charge is 0.258 e. The molecule has 0 atom stereocenters. The van der Waals surface area contributed by atoms with E-state index in [0.717, 1.165) is 11.3 Å². The van der Waals surface area contributed by atoms with Crippen LogP contribution in [0.25, 0.3) is 0 Å². The number of furan rings is 1. The van der Waals surface area contributed by atoms with Crippen molar-refractivity contribution < 1.29 is 19.1 Å². The van der Waals surface area contributed by atoms with Crippen molar-refractivity contribution >= 4 is 35.1 Å². The third kappa shape index (κ3) is 4.85. The van der Waals surface area contributed by atoms with Gasteiger partial charge in [0.1, 0.15) is 17.0 Å². The fraction of sp³-hybridized carbons (Fsp3) is 0.286. The van der Waals surface area contributed by atoms with Gasteiger partial charge in [-0.25, -0.2) is 4.99 Å². The maximum Gasteiger partial charge on any atom is 0.258 e. The molecule has 30 heavy (non-hydrogen) atoms. The zero-order chi connectivity index (χ0) is 21.7. The van der Waals surface area contributed by atoms with Gasteiger partial charge in [-0.3, -0.25) is 10.2 Å². The number of hydrogen-bond acceptors (Lipinski definition) is 8. The van der Waals surface area contributed by atoms with E-state index in [0.29, 0.717) is 23.9 Å². The van der Waals surface area contributed by atoms with E-state index in [-0.39, 0.29) is 22.9 Å². The number of ether oxygens (including phenoxy) is 1. The van der Waals surface area contributed by atoms with Crippen LogP contribution in [0.15, 0.2) is 62.2 Å². The third-order valence-corrected chi connectivity index (χ3v) is 5.21. The first kappa shape index (κ1) is 21.5. The zero-order valence-electron chi connectivity index (χ0n) is 17.0. The molecule has 8 nitrogen and oxygen atoms in total. The van der Waals surface area contributed by atoms with Crippen LogP contribution >= 0.6 is 11.9 Å². The van der Waals surface area contributed by atoms with Gasteiger partial charge in [-0.05, 0) is 54.6 Å². The largest absolute Gasteiger partial charge is 0.505 e. The number of aliphatic hydroxyl groups is 1. The molecule has 1 aromatic heterocycles. The van der Waals surface area contributed by atoms with E-state index in [4.69, 9.17) is 14.6 Å². The maximum absolute atomic E-state index is 12.9. The molecule has 0 saturated carbocycles. The van der Waals surface area contributed by atoms with E-state index in [1.54, 1.807) is 31.4 Å². The summed E-state index contributed by atoms with van der Waals surface area (Å²) in [5, 5.41) is 21.8. The Balaban J connectivity index is 1.98. The standard InChI is InChI=1S/C21H24N4O4S/c1-12(2)8-9-23-21(27)17(19(26)18(22)15-5-4-10-29-15)20-24-14-7-6-13(28-3)11-16(14)30-25-20/h4-7,10-12,22,26H,8-9H2,1-3H3,(H,23,27)(H,24,25)/b19-17+,22-18?. The Hall–Kier alpha value is -3.20. The Bertz CT molecular complexity index is 996. The molecule has 0 aliphatic carbocycles. The summed E-state index contributed by atoms with van der Waals surface area (Å²) >= 11 is 1.25. The first-order valence-corrected chi connectivity index (χ1v) is 10.3. The van der Waals surface area contributed by atoms with Crippen LogP contribution in [-0.4, -0.2) is 36.2 Å². The summed E-state index contributed by atoms with van der Waals surface area (Å²) in [4.78, 5) is 18.3. The van der Waals surface area contributed by atoms with Gasteiger partial charge in [0.2, 0.25) is 0 Å². The third-order valence-electron chi connectivity index (χ3n) is 4.37. The number of aliphatic hydroxyl groups excluding tert-OH is 1. The number of methoxy groups -OCH3 is 1. The molecule has 1 aliphatic rings. The minimum Gasteiger partial charge on any atom is -0.505 e. The number of carbonyl (C=O) groups excluding carboxylic acids is 1. The van der Waals surface area contributed by atoms with Gasteiger partial charge in [-0.15, -0.1) is 0 Å². The topological polar surface area (TPSA) is 120 Å². The van der Waals surface area contributed by atoms with Crippen molar-refractivity contribution in [2.45, 2.75) is 25.2 Å². The molecule has 2 heterocycles. The number of nitrogens with one attached hydrogen (secondary N) is 3. The number of amidine groups is 1. The molecule has 0 spiro atoms. The Morgan fingerprint density at radius 2 is 2.20 bits per heavy atom. The fourth-order valence-corrected chi connectivity index (χ4v) is 3.45. The second-order valence-corrected chi connectivity index (χ2v) is 7.86. The van der Waals surface area contributed by atoms with Gasteiger partial charge in [-0.2, -0.15) is 0 Å². The lowest BCUT2D eigenvalue weighted by atomic mass is 10.1. The van der Waals surface area contributed by atoms with Gasteiger partial charge >= 0.3 is 0 Å². The summed E-state index contributed by atoms with van der Waals surface area (Å²) in [5.41, 5.74) is 0.206. The number of benzene rings is 1. The summed E-state index contributed by atoms with van der Waals surface area (Å²) in [6.45, 7) is 4.55. The molecule has 2 aromatic rings. The molecule has 1 aliphatic heterocycles. The highest BCUT2D eigenvalue weighted by Gasteiger charge is 2.28. The van der Waals surface area contributed by atoms with E-state index in [1.165, 1.54) is 18.2 Å². The zero-order valence-corrected chi connectivity index (χ0v) is 17.8. The molecule has 1 amide bonds. The molecule has 0 radical (unpaired) electrons. The Morgan fingerprint density at radius 3 is 2.87 bits per heavy atom. The van der Waals surface area contributed by atoms with Crippen molar-refractivity contribution in [2.75, 3.05) is 13.7 Å². The lowest BCUT2D eigenvalue weighted by Crippen LogP contribution is -2.36. The average Bonchev–Trinajstić information content (AvgIpc) is 3.27. The summed E-state index contributed by atoms with van der Waals surface area (Å²) in [6, 6.07) is 8.51. The average molecular weight is 429 g/mol.